The van der Waals surface area contributed by atoms with E-state index < -0.39 is 0 Å². The fraction of sp³-hybridized carbons (Fsp3) is 0.462. The number of halogens is 1. The summed E-state index contributed by atoms with van der Waals surface area (Å²) in [5.41, 5.74) is 0.439. The molecule has 1 aromatic carbocycles. The molecule has 0 saturated heterocycles. The molecule has 0 atom stereocenters. The number of ketones is 1. The third kappa shape index (κ3) is 4.77. The number of thioether (sulfide) groups is 1. The van der Waals surface area contributed by atoms with Gasteiger partial charge in [0.1, 0.15) is 11.6 Å². The predicted molar refractivity (Wildman–Crippen MR) is 69.5 cm³/mol. The molecule has 0 aliphatic heterocycles. The van der Waals surface area contributed by atoms with Crippen LogP contribution in [0, 0.1) is 5.82 Å². The van der Waals surface area contributed by atoms with Crippen molar-refractivity contribution in [3.63, 3.8) is 0 Å². The molecule has 17 heavy (non-hydrogen) atoms. The summed E-state index contributed by atoms with van der Waals surface area (Å²) in [6.45, 7) is 4.07. The summed E-state index contributed by atoms with van der Waals surface area (Å²) in [5.74, 6) is 1.95. The van der Waals surface area contributed by atoms with Crippen molar-refractivity contribution in [2.75, 3.05) is 18.1 Å². The van der Waals surface area contributed by atoms with Crippen molar-refractivity contribution < 1.29 is 13.9 Å². The van der Waals surface area contributed by atoms with E-state index in [1.54, 1.807) is 0 Å². The second kappa shape index (κ2) is 7.33. The zero-order valence-corrected chi connectivity index (χ0v) is 11.0. The summed E-state index contributed by atoms with van der Waals surface area (Å²) in [6, 6.07) is 4.01. The number of rotatable bonds is 7. The van der Waals surface area contributed by atoms with Crippen LogP contribution < -0.4 is 4.74 Å². The molecule has 1 rings (SSSR count). The minimum Gasteiger partial charge on any atom is -0.493 e. The second-order valence-corrected chi connectivity index (χ2v) is 4.99. The Kier molecular flexibility index (Phi) is 6.05. The molecular weight excluding hydrogens is 239 g/mol. The van der Waals surface area contributed by atoms with E-state index in [1.807, 2.05) is 11.8 Å². The molecule has 0 aliphatic carbocycles. The van der Waals surface area contributed by atoms with Crippen molar-refractivity contribution in [1.82, 2.24) is 0 Å². The standard InChI is InChI=1S/C13H17FO2S/c1-3-17-8-4-7-16-13-9-11(14)5-6-12(13)10(2)15/h5-6,9H,3-4,7-8H2,1-2H3. The van der Waals surface area contributed by atoms with Crippen LogP contribution >= 0.6 is 11.8 Å². The maximum absolute atomic E-state index is 13.0. The number of ether oxygens (including phenoxy) is 1. The first-order valence-electron chi connectivity index (χ1n) is 5.66. The topological polar surface area (TPSA) is 26.3 Å². The molecule has 0 saturated carbocycles. The van der Waals surface area contributed by atoms with Crippen LogP contribution in [0.25, 0.3) is 0 Å². The van der Waals surface area contributed by atoms with Crippen LogP contribution in [-0.4, -0.2) is 23.9 Å². The van der Waals surface area contributed by atoms with Gasteiger partial charge in [-0.2, -0.15) is 11.8 Å². The van der Waals surface area contributed by atoms with Crippen molar-refractivity contribution in [2.45, 2.75) is 20.3 Å². The van der Waals surface area contributed by atoms with E-state index in [0.29, 0.717) is 17.9 Å². The van der Waals surface area contributed by atoms with E-state index in [2.05, 4.69) is 6.92 Å². The van der Waals surface area contributed by atoms with Gasteiger partial charge in [-0.1, -0.05) is 6.92 Å². The molecule has 0 amide bonds. The molecule has 4 heteroatoms. The lowest BCUT2D eigenvalue weighted by Gasteiger charge is -2.09. The summed E-state index contributed by atoms with van der Waals surface area (Å²) in [7, 11) is 0. The highest BCUT2D eigenvalue weighted by Gasteiger charge is 2.09. The van der Waals surface area contributed by atoms with Crippen LogP contribution in [0.2, 0.25) is 0 Å². The van der Waals surface area contributed by atoms with Gasteiger partial charge < -0.3 is 4.74 Å². The lowest BCUT2D eigenvalue weighted by atomic mass is 10.1. The molecular formula is C13H17FO2S. The van der Waals surface area contributed by atoms with Gasteiger partial charge in [0.2, 0.25) is 0 Å². The Hall–Kier alpha value is -1.03. The van der Waals surface area contributed by atoms with E-state index >= 15 is 0 Å². The van der Waals surface area contributed by atoms with E-state index in [0.717, 1.165) is 17.9 Å². The van der Waals surface area contributed by atoms with Gasteiger partial charge in [0, 0.05) is 6.07 Å². The molecule has 2 nitrogen and oxygen atoms in total. The van der Waals surface area contributed by atoms with Crippen molar-refractivity contribution in [2.24, 2.45) is 0 Å². The molecule has 0 radical (unpaired) electrons. The zero-order valence-electron chi connectivity index (χ0n) is 10.2. The molecule has 0 aliphatic rings. The Bertz CT molecular complexity index is 380. The van der Waals surface area contributed by atoms with Gasteiger partial charge in [0.25, 0.3) is 0 Å². The van der Waals surface area contributed by atoms with Crippen LogP contribution in [-0.2, 0) is 0 Å². The van der Waals surface area contributed by atoms with E-state index in [1.165, 1.54) is 25.1 Å². The SMILES string of the molecule is CCSCCCOc1cc(F)ccc1C(C)=O. The van der Waals surface area contributed by atoms with E-state index in [9.17, 15) is 9.18 Å². The Morgan fingerprint density at radius 1 is 1.47 bits per heavy atom. The first-order valence-corrected chi connectivity index (χ1v) is 6.81. The lowest BCUT2D eigenvalue weighted by molar-refractivity contribution is 0.101. The minimum atomic E-state index is -0.382. The highest BCUT2D eigenvalue weighted by molar-refractivity contribution is 7.99. The van der Waals surface area contributed by atoms with Crippen LogP contribution in [0.3, 0.4) is 0 Å². The first kappa shape index (κ1) is 14.0. The molecule has 0 heterocycles. The fourth-order valence-corrected chi connectivity index (χ4v) is 2.00. The average molecular weight is 256 g/mol. The molecule has 0 aromatic heterocycles. The monoisotopic (exact) mass is 256 g/mol. The molecule has 1 aromatic rings. The maximum Gasteiger partial charge on any atom is 0.163 e. The number of hydrogen-bond donors (Lipinski definition) is 0. The van der Waals surface area contributed by atoms with Crippen molar-refractivity contribution in [1.29, 1.82) is 0 Å². The Morgan fingerprint density at radius 3 is 2.88 bits per heavy atom. The minimum absolute atomic E-state index is 0.108. The molecule has 94 valence electrons. The summed E-state index contributed by atoms with van der Waals surface area (Å²) < 4.78 is 18.5. The van der Waals surface area contributed by atoms with Crippen LogP contribution in [0.1, 0.15) is 30.6 Å². The Morgan fingerprint density at radius 2 is 2.24 bits per heavy atom. The van der Waals surface area contributed by atoms with E-state index in [-0.39, 0.29) is 11.6 Å². The predicted octanol–water partition coefficient (Wildman–Crippen LogP) is 3.55. The van der Waals surface area contributed by atoms with Crippen molar-refractivity contribution in [3.05, 3.63) is 29.6 Å². The smallest absolute Gasteiger partial charge is 0.163 e. The average Bonchev–Trinajstić information content (AvgIpc) is 2.28. The third-order valence-corrected chi connectivity index (χ3v) is 3.20. The normalized spacial score (nSPS) is 10.3. The van der Waals surface area contributed by atoms with Crippen molar-refractivity contribution in [3.8, 4) is 5.75 Å². The van der Waals surface area contributed by atoms with Gasteiger partial charge in [-0.15, -0.1) is 0 Å². The first-order chi connectivity index (χ1) is 8.15. The Labute approximate surface area is 106 Å². The van der Waals surface area contributed by atoms with Gasteiger partial charge >= 0.3 is 0 Å². The number of Topliss-reactive ketones (excluding diaryl/α,β-unsaturated/α-hetero) is 1. The number of carbonyl (C=O) groups is 1. The summed E-state index contributed by atoms with van der Waals surface area (Å²) in [4.78, 5) is 11.3. The van der Waals surface area contributed by atoms with Gasteiger partial charge in [0.05, 0.1) is 12.2 Å². The van der Waals surface area contributed by atoms with E-state index in [4.69, 9.17) is 4.74 Å². The quantitative estimate of drug-likeness (QED) is 0.551. The zero-order chi connectivity index (χ0) is 12.7. The van der Waals surface area contributed by atoms with Crippen LogP contribution in [0.5, 0.6) is 5.75 Å². The molecule has 0 N–H and O–H groups in total. The van der Waals surface area contributed by atoms with Gasteiger partial charge in [-0.3, -0.25) is 4.79 Å². The molecule has 0 unspecified atom stereocenters. The maximum atomic E-state index is 13.0. The number of hydrogen-bond acceptors (Lipinski definition) is 3. The molecule has 0 fully saturated rings. The summed E-state index contributed by atoms with van der Waals surface area (Å²) in [5, 5.41) is 0. The highest BCUT2D eigenvalue weighted by Crippen LogP contribution is 2.20. The van der Waals surface area contributed by atoms with Crippen molar-refractivity contribution >= 4 is 17.5 Å². The van der Waals surface area contributed by atoms with Gasteiger partial charge in [-0.25, -0.2) is 4.39 Å². The largest absolute Gasteiger partial charge is 0.493 e. The van der Waals surface area contributed by atoms with Crippen LogP contribution in [0.4, 0.5) is 4.39 Å². The fourth-order valence-electron chi connectivity index (χ4n) is 1.39. The summed E-state index contributed by atoms with van der Waals surface area (Å²) >= 11 is 1.84. The highest BCUT2D eigenvalue weighted by atomic mass is 32.2. The van der Waals surface area contributed by atoms with Crippen LogP contribution in [0.15, 0.2) is 18.2 Å². The Balaban J connectivity index is 2.56. The second-order valence-electron chi connectivity index (χ2n) is 3.60. The van der Waals surface area contributed by atoms with Gasteiger partial charge in [-0.05, 0) is 37.0 Å². The number of benzene rings is 1. The lowest BCUT2D eigenvalue weighted by Crippen LogP contribution is -2.04. The van der Waals surface area contributed by atoms with Gasteiger partial charge in [0.15, 0.2) is 5.78 Å². The molecule has 0 spiro atoms. The third-order valence-electron chi connectivity index (χ3n) is 2.22. The summed E-state index contributed by atoms with van der Waals surface area (Å²) in [6.07, 6.45) is 0.895. The molecule has 0 bridgehead atoms. The number of carbonyl (C=O) groups excluding carboxylic acids is 1.